The minimum absolute atomic E-state index is 0.421. The lowest BCUT2D eigenvalue weighted by Crippen LogP contribution is -2.46. The Hall–Kier alpha value is -0.890. The Bertz CT molecular complexity index is 355. The predicted octanol–water partition coefficient (Wildman–Crippen LogP) is 3.74. The van der Waals surface area contributed by atoms with Crippen LogP contribution in [0, 0.1) is 5.41 Å². The van der Waals surface area contributed by atoms with Crippen LogP contribution in [0.15, 0.2) is 24.4 Å². The molecule has 1 aromatic rings. The maximum Gasteiger partial charge on any atom is 0.0447 e. The summed E-state index contributed by atoms with van der Waals surface area (Å²) < 4.78 is 0. The third kappa shape index (κ3) is 2.74. The second-order valence-corrected chi connectivity index (χ2v) is 6.02. The Morgan fingerprint density at radius 2 is 1.94 bits per heavy atom. The van der Waals surface area contributed by atoms with E-state index in [4.69, 9.17) is 0 Å². The molecule has 0 aromatic carbocycles. The summed E-state index contributed by atoms with van der Waals surface area (Å²) in [6, 6.07) is 6.76. The normalized spacial score (nSPS) is 22.4. The zero-order chi connectivity index (χ0) is 13.0. The number of aromatic nitrogens is 1. The second kappa shape index (κ2) is 5.83. The van der Waals surface area contributed by atoms with Crippen LogP contribution in [-0.4, -0.2) is 18.1 Å². The van der Waals surface area contributed by atoms with Crippen molar-refractivity contribution in [2.45, 2.75) is 57.9 Å². The second-order valence-electron chi connectivity index (χ2n) is 6.02. The molecule has 1 heterocycles. The molecule has 1 saturated carbocycles. The molecule has 0 spiro atoms. The fourth-order valence-electron chi connectivity index (χ4n) is 3.69. The fourth-order valence-corrected chi connectivity index (χ4v) is 3.69. The monoisotopic (exact) mass is 246 g/mol. The maximum atomic E-state index is 4.53. The molecule has 1 aliphatic carbocycles. The first-order valence-electron chi connectivity index (χ1n) is 7.25. The summed E-state index contributed by atoms with van der Waals surface area (Å²) in [6.45, 7) is 4.76. The smallest absolute Gasteiger partial charge is 0.0447 e. The van der Waals surface area contributed by atoms with E-state index in [0.717, 1.165) is 0 Å². The molecule has 1 aliphatic rings. The minimum atomic E-state index is 0.421. The number of hydrogen-bond acceptors (Lipinski definition) is 2. The molecule has 0 radical (unpaired) electrons. The summed E-state index contributed by atoms with van der Waals surface area (Å²) in [4.78, 5) is 4.53. The van der Waals surface area contributed by atoms with Crippen molar-refractivity contribution in [3.8, 4) is 0 Å². The van der Waals surface area contributed by atoms with Crippen LogP contribution >= 0.6 is 0 Å². The van der Waals surface area contributed by atoms with Crippen LogP contribution in [0.4, 0.5) is 0 Å². The Labute approximate surface area is 111 Å². The lowest BCUT2D eigenvalue weighted by atomic mass is 9.66. The predicted molar refractivity (Wildman–Crippen MR) is 76.7 cm³/mol. The van der Waals surface area contributed by atoms with Gasteiger partial charge in [0.05, 0.1) is 0 Å². The minimum Gasteiger partial charge on any atom is -0.316 e. The van der Waals surface area contributed by atoms with Gasteiger partial charge in [-0.05, 0) is 37.4 Å². The molecular formula is C16H26N2. The number of pyridine rings is 1. The molecule has 0 bridgehead atoms. The van der Waals surface area contributed by atoms with Crippen LogP contribution in [0.3, 0.4) is 0 Å². The summed E-state index contributed by atoms with van der Waals surface area (Å²) in [5.41, 5.74) is 1.63. The highest BCUT2D eigenvalue weighted by Crippen LogP contribution is 2.42. The summed E-state index contributed by atoms with van der Waals surface area (Å²) >= 11 is 0. The first-order chi connectivity index (χ1) is 8.67. The van der Waals surface area contributed by atoms with Gasteiger partial charge in [0.15, 0.2) is 0 Å². The highest BCUT2D eigenvalue weighted by molar-refractivity contribution is 5.13. The van der Waals surface area contributed by atoms with Gasteiger partial charge in [0, 0.05) is 23.9 Å². The summed E-state index contributed by atoms with van der Waals surface area (Å²) in [6.07, 6.45) is 8.75. The van der Waals surface area contributed by atoms with Gasteiger partial charge in [-0.1, -0.05) is 39.2 Å². The lowest BCUT2D eigenvalue weighted by Gasteiger charge is -2.43. The largest absolute Gasteiger partial charge is 0.316 e. The van der Waals surface area contributed by atoms with Gasteiger partial charge in [-0.15, -0.1) is 0 Å². The van der Waals surface area contributed by atoms with Crippen LogP contribution < -0.4 is 5.32 Å². The Kier molecular flexibility index (Phi) is 4.39. The Morgan fingerprint density at radius 3 is 2.50 bits per heavy atom. The Balaban J connectivity index is 2.17. The van der Waals surface area contributed by atoms with Gasteiger partial charge in [0.1, 0.15) is 0 Å². The number of nitrogens with zero attached hydrogens (tertiary/aromatic N) is 1. The van der Waals surface area contributed by atoms with E-state index < -0.39 is 0 Å². The molecule has 2 atom stereocenters. The van der Waals surface area contributed by atoms with E-state index in [1.165, 1.54) is 37.8 Å². The zero-order valence-electron chi connectivity index (χ0n) is 11.9. The van der Waals surface area contributed by atoms with Crippen molar-refractivity contribution >= 4 is 0 Å². The first-order valence-corrected chi connectivity index (χ1v) is 7.25. The standard InChI is InChI=1S/C16H26N2/c1-13(14-9-5-8-12-18-14)15(17-3)16(2)10-6-4-7-11-16/h5,8-9,12-13,15,17H,4,6-7,10-11H2,1-3H3. The van der Waals surface area contributed by atoms with Gasteiger partial charge in [-0.2, -0.15) is 0 Å². The molecule has 0 saturated heterocycles. The molecule has 2 heteroatoms. The summed E-state index contributed by atoms with van der Waals surface area (Å²) in [5, 5.41) is 3.57. The van der Waals surface area contributed by atoms with E-state index in [9.17, 15) is 0 Å². The van der Waals surface area contributed by atoms with Crippen molar-refractivity contribution in [3.63, 3.8) is 0 Å². The van der Waals surface area contributed by atoms with Crippen LogP contribution in [0.5, 0.6) is 0 Å². The fraction of sp³-hybridized carbons (Fsp3) is 0.688. The molecule has 100 valence electrons. The summed E-state index contributed by atoms with van der Waals surface area (Å²) in [7, 11) is 2.10. The first kappa shape index (κ1) is 13.5. The van der Waals surface area contributed by atoms with Crippen molar-refractivity contribution in [2.75, 3.05) is 7.05 Å². The van der Waals surface area contributed by atoms with E-state index in [1.807, 2.05) is 12.3 Å². The third-order valence-electron chi connectivity index (χ3n) is 4.71. The van der Waals surface area contributed by atoms with Gasteiger partial charge in [0.2, 0.25) is 0 Å². The van der Waals surface area contributed by atoms with Crippen LogP contribution in [0.1, 0.15) is 57.6 Å². The van der Waals surface area contributed by atoms with Gasteiger partial charge in [0.25, 0.3) is 0 Å². The number of rotatable bonds is 4. The van der Waals surface area contributed by atoms with Crippen molar-refractivity contribution in [2.24, 2.45) is 5.41 Å². The number of nitrogens with one attached hydrogen (secondary N) is 1. The van der Waals surface area contributed by atoms with Gasteiger partial charge in [-0.25, -0.2) is 0 Å². The van der Waals surface area contributed by atoms with E-state index >= 15 is 0 Å². The van der Waals surface area contributed by atoms with Gasteiger partial charge < -0.3 is 5.32 Å². The average molecular weight is 246 g/mol. The van der Waals surface area contributed by atoms with Gasteiger partial charge >= 0.3 is 0 Å². The third-order valence-corrected chi connectivity index (χ3v) is 4.71. The molecule has 2 rings (SSSR count). The summed E-state index contributed by atoms with van der Waals surface area (Å²) in [5.74, 6) is 0.472. The van der Waals surface area contributed by atoms with Crippen LogP contribution in [0.2, 0.25) is 0 Å². The Morgan fingerprint density at radius 1 is 1.22 bits per heavy atom. The molecule has 1 fully saturated rings. The van der Waals surface area contributed by atoms with E-state index in [1.54, 1.807) is 0 Å². The number of hydrogen-bond donors (Lipinski definition) is 1. The van der Waals surface area contributed by atoms with Crippen molar-refractivity contribution in [3.05, 3.63) is 30.1 Å². The van der Waals surface area contributed by atoms with E-state index in [-0.39, 0.29) is 0 Å². The molecule has 1 N–H and O–H groups in total. The van der Waals surface area contributed by atoms with Crippen LogP contribution in [0.25, 0.3) is 0 Å². The molecular weight excluding hydrogens is 220 g/mol. The molecule has 2 nitrogen and oxygen atoms in total. The van der Waals surface area contributed by atoms with E-state index in [2.05, 4.69) is 43.3 Å². The SMILES string of the molecule is CNC(C(C)c1ccccn1)C1(C)CCCCC1. The lowest BCUT2D eigenvalue weighted by molar-refractivity contribution is 0.133. The van der Waals surface area contributed by atoms with Crippen molar-refractivity contribution < 1.29 is 0 Å². The molecule has 2 unspecified atom stereocenters. The molecule has 18 heavy (non-hydrogen) atoms. The highest BCUT2D eigenvalue weighted by Gasteiger charge is 2.38. The van der Waals surface area contributed by atoms with E-state index in [0.29, 0.717) is 17.4 Å². The molecule has 0 aliphatic heterocycles. The number of likely N-dealkylation sites (N-methyl/N-ethyl adjacent to an activating group) is 1. The zero-order valence-corrected chi connectivity index (χ0v) is 11.9. The quantitative estimate of drug-likeness (QED) is 0.875. The average Bonchev–Trinajstić information content (AvgIpc) is 2.41. The molecule has 0 amide bonds. The van der Waals surface area contributed by atoms with Crippen molar-refractivity contribution in [1.82, 2.24) is 10.3 Å². The van der Waals surface area contributed by atoms with Crippen LogP contribution in [-0.2, 0) is 0 Å². The van der Waals surface area contributed by atoms with Crippen molar-refractivity contribution in [1.29, 1.82) is 0 Å². The molecule has 1 aromatic heterocycles. The maximum absolute atomic E-state index is 4.53. The topological polar surface area (TPSA) is 24.9 Å². The van der Waals surface area contributed by atoms with Gasteiger partial charge in [-0.3, -0.25) is 4.98 Å². The highest BCUT2D eigenvalue weighted by atomic mass is 14.9.